The van der Waals surface area contributed by atoms with Gasteiger partial charge in [0.05, 0.1) is 12.6 Å². The number of rotatable bonds is 3. The highest BCUT2D eigenvalue weighted by molar-refractivity contribution is 5.71. The Hall–Kier alpha value is -2.53. The van der Waals surface area contributed by atoms with Crippen LogP contribution in [0.4, 0.5) is 5.95 Å². The normalized spacial score (nSPS) is 21.3. The first-order valence-corrected chi connectivity index (χ1v) is 7.16. The third kappa shape index (κ3) is 2.10. The van der Waals surface area contributed by atoms with Crippen molar-refractivity contribution >= 4 is 17.1 Å². The van der Waals surface area contributed by atoms with E-state index in [-0.39, 0.29) is 29.8 Å². The van der Waals surface area contributed by atoms with Gasteiger partial charge < -0.3 is 10.5 Å². The Labute approximate surface area is 125 Å². The predicted molar refractivity (Wildman–Crippen MR) is 81.3 cm³/mol. The van der Waals surface area contributed by atoms with E-state index in [1.807, 2.05) is 6.92 Å². The van der Waals surface area contributed by atoms with Gasteiger partial charge in [0.25, 0.3) is 5.56 Å². The summed E-state index contributed by atoms with van der Waals surface area (Å²) in [7, 11) is 0. The number of hydrogen-bond donors (Lipinski definition) is 2. The van der Waals surface area contributed by atoms with Crippen LogP contribution in [-0.4, -0.2) is 25.2 Å². The van der Waals surface area contributed by atoms with E-state index >= 15 is 0 Å². The van der Waals surface area contributed by atoms with Gasteiger partial charge >= 0.3 is 5.69 Å². The van der Waals surface area contributed by atoms with Crippen molar-refractivity contribution in [3.05, 3.63) is 20.8 Å². The molecule has 22 heavy (non-hydrogen) atoms. The lowest BCUT2D eigenvalue weighted by molar-refractivity contribution is 0.000787. The lowest BCUT2D eigenvalue weighted by atomic mass is 10.2. The number of aromatic nitrogens is 4. The number of fused-ring (bicyclic) bond motifs is 1. The highest BCUT2D eigenvalue weighted by Crippen LogP contribution is 2.30. The van der Waals surface area contributed by atoms with E-state index in [4.69, 9.17) is 16.9 Å². The van der Waals surface area contributed by atoms with E-state index in [1.54, 1.807) is 0 Å². The summed E-state index contributed by atoms with van der Waals surface area (Å²) in [6, 6.07) is 0. The Morgan fingerprint density at radius 2 is 2.27 bits per heavy atom. The molecule has 8 nitrogen and oxygen atoms in total. The van der Waals surface area contributed by atoms with Crippen molar-refractivity contribution in [2.45, 2.75) is 45.1 Å². The number of nitrogens with two attached hydrogens (primary N) is 1. The van der Waals surface area contributed by atoms with Crippen molar-refractivity contribution in [3.63, 3.8) is 0 Å². The van der Waals surface area contributed by atoms with Crippen molar-refractivity contribution in [1.29, 1.82) is 0 Å². The molecule has 2 atom stereocenters. The first-order valence-electron chi connectivity index (χ1n) is 7.16. The van der Waals surface area contributed by atoms with E-state index < -0.39 is 17.5 Å². The average Bonchev–Trinajstić information content (AvgIpc) is 3.03. The van der Waals surface area contributed by atoms with Gasteiger partial charge in [-0.05, 0) is 19.3 Å². The smallest absolute Gasteiger partial charge is 0.333 e. The number of nitrogen functional groups attached to an aromatic ring is 1. The summed E-state index contributed by atoms with van der Waals surface area (Å²) in [5.41, 5.74) is 5.05. The van der Waals surface area contributed by atoms with E-state index in [0.29, 0.717) is 6.42 Å². The summed E-state index contributed by atoms with van der Waals surface area (Å²) in [4.78, 5) is 31.3. The molecule has 1 fully saturated rings. The minimum atomic E-state index is -0.487. The van der Waals surface area contributed by atoms with E-state index in [1.165, 1.54) is 9.13 Å². The summed E-state index contributed by atoms with van der Waals surface area (Å²) in [5, 5.41) is 0. The number of nitrogens with one attached hydrogen (secondary N) is 1. The number of nitrogens with zero attached hydrogens (tertiary/aromatic N) is 3. The fourth-order valence-corrected chi connectivity index (χ4v) is 2.87. The van der Waals surface area contributed by atoms with Crippen molar-refractivity contribution in [2.24, 2.45) is 0 Å². The van der Waals surface area contributed by atoms with Crippen LogP contribution in [0.3, 0.4) is 0 Å². The molecule has 2 unspecified atom stereocenters. The third-order valence-corrected chi connectivity index (χ3v) is 3.91. The molecule has 3 rings (SSSR count). The molecule has 0 saturated carbocycles. The Morgan fingerprint density at radius 1 is 1.50 bits per heavy atom. The van der Waals surface area contributed by atoms with Gasteiger partial charge in [-0.3, -0.25) is 14.3 Å². The zero-order chi connectivity index (χ0) is 15.9. The van der Waals surface area contributed by atoms with Crippen molar-refractivity contribution in [3.8, 4) is 12.3 Å². The van der Waals surface area contributed by atoms with Crippen LogP contribution in [0.15, 0.2) is 9.59 Å². The quantitative estimate of drug-likeness (QED) is 0.787. The van der Waals surface area contributed by atoms with Gasteiger partial charge in [-0.2, -0.15) is 4.98 Å². The number of anilines is 1. The lowest BCUT2D eigenvalue weighted by Gasteiger charge is -2.13. The Morgan fingerprint density at radius 3 is 2.91 bits per heavy atom. The highest BCUT2D eigenvalue weighted by Gasteiger charge is 2.30. The molecule has 0 aliphatic carbocycles. The van der Waals surface area contributed by atoms with Crippen molar-refractivity contribution in [1.82, 2.24) is 19.1 Å². The molecule has 116 valence electrons. The van der Waals surface area contributed by atoms with Crippen LogP contribution >= 0.6 is 0 Å². The highest BCUT2D eigenvalue weighted by atomic mass is 16.5. The fraction of sp³-hybridized carbons (Fsp3) is 0.500. The molecule has 3 N–H and O–H groups in total. The maximum Gasteiger partial charge on any atom is 0.333 e. The van der Waals surface area contributed by atoms with Crippen LogP contribution in [0.1, 0.15) is 32.4 Å². The van der Waals surface area contributed by atoms with Crippen molar-refractivity contribution < 1.29 is 4.74 Å². The molecule has 0 bridgehead atoms. The largest absolute Gasteiger partial charge is 0.369 e. The van der Waals surface area contributed by atoms with Crippen LogP contribution in [0.25, 0.3) is 11.2 Å². The molecule has 0 spiro atoms. The summed E-state index contributed by atoms with van der Waals surface area (Å²) >= 11 is 0. The monoisotopic (exact) mass is 303 g/mol. The van der Waals surface area contributed by atoms with Crippen LogP contribution in [0.5, 0.6) is 0 Å². The van der Waals surface area contributed by atoms with Crippen LogP contribution in [0, 0.1) is 12.3 Å². The average molecular weight is 303 g/mol. The summed E-state index contributed by atoms with van der Waals surface area (Å²) in [6.07, 6.45) is 7.35. The van der Waals surface area contributed by atoms with Gasteiger partial charge in [0.15, 0.2) is 11.2 Å². The minimum absolute atomic E-state index is 0.0130. The fourth-order valence-electron chi connectivity index (χ4n) is 2.87. The van der Waals surface area contributed by atoms with E-state index in [9.17, 15) is 9.59 Å². The first-order chi connectivity index (χ1) is 10.6. The number of terminal acetylenes is 1. The van der Waals surface area contributed by atoms with Crippen LogP contribution in [0.2, 0.25) is 0 Å². The maximum atomic E-state index is 12.6. The molecular formula is C14H17N5O3. The Bertz CT molecular complexity index is 869. The second-order valence-corrected chi connectivity index (χ2v) is 5.26. The van der Waals surface area contributed by atoms with Gasteiger partial charge in [-0.15, -0.1) is 6.42 Å². The minimum Gasteiger partial charge on any atom is -0.369 e. The van der Waals surface area contributed by atoms with Crippen molar-refractivity contribution in [2.75, 3.05) is 5.73 Å². The molecular weight excluding hydrogens is 286 g/mol. The summed E-state index contributed by atoms with van der Waals surface area (Å²) in [5.74, 6) is 2.33. The molecule has 0 aromatic carbocycles. The van der Waals surface area contributed by atoms with Gasteiger partial charge in [0.1, 0.15) is 6.23 Å². The molecule has 2 aromatic rings. The Kier molecular flexibility index (Phi) is 3.50. The standard InChI is InChI=1S/C14H17N5O3/c1-3-7-18-10-11(16-13(15)17-12(10)20)19(14(18)21)9-6-5-8(4-2)22-9/h1,8-9H,4-7H2,2H3,(H3,15,16,17,20). The zero-order valence-corrected chi connectivity index (χ0v) is 12.2. The third-order valence-electron chi connectivity index (χ3n) is 3.91. The predicted octanol–water partition coefficient (Wildman–Crippen LogP) is 0.189. The number of aromatic amines is 1. The number of H-pyrrole nitrogens is 1. The number of imidazole rings is 1. The second kappa shape index (κ2) is 5.35. The summed E-state index contributed by atoms with van der Waals surface area (Å²) < 4.78 is 8.47. The first kappa shape index (κ1) is 14.4. The molecule has 1 aliphatic rings. The lowest BCUT2D eigenvalue weighted by Crippen LogP contribution is -2.28. The Balaban J connectivity index is 2.26. The molecule has 1 saturated heterocycles. The van der Waals surface area contributed by atoms with Gasteiger partial charge in [-0.25, -0.2) is 9.36 Å². The van der Waals surface area contributed by atoms with E-state index in [2.05, 4.69) is 15.9 Å². The summed E-state index contributed by atoms with van der Waals surface area (Å²) in [6.45, 7) is 2.01. The zero-order valence-electron chi connectivity index (χ0n) is 12.2. The molecule has 0 amide bonds. The van der Waals surface area contributed by atoms with Gasteiger partial charge in [-0.1, -0.05) is 12.8 Å². The molecule has 2 aromatic heterocycles. The molecule has 0 radical (unpaired) electrons. The van der Waals surface area contributed by atoms with Crippen LogP contribution < -0.4 is 17.0 Å². The molecule has 8 heteroatoms. The van der Waals surface area contributed by atoms with Gasteiger partial charge in [0, 0.05) is 0 Å². The topological polar surface area (TPSA) is 108 Å². The van der Waals surface area contributed by atoms with Gasteiger partial charge in [0.2, 0.25) is 5.95 Å². The number of ether oxygens (including phenoxy) is 1. The van der Waals surface area contributed by atoms with E-state index in [0.717, 1.165) is 12.8 Å². The molecule has 3 heterocycles. The number of hydrogen-bond acceptors (Lipinski definition) is 5. The maximum absolute atomic E-state index is 12.6. The SMILES string of the molecule is C#CCn1c(=O)n(C2CCC(CC)O2)c2nc(N)[nH]c(=O)c21. The second-order valence-electron chi connectivity index (χ2n) is 5.26. The molecule has 1 aliphatic heterocycles. The van der Waals surface area contributed by atoms with Crippen LogP contribution in [-0.2, 0) is 11.3 Å².